The van der Waals surface area contributed by atoms with E-state index in [1.54, 1.807) is 20.8 Å². The van der Waals surface area contributed by atoms with E-state index in [0.717, 1.165) is 52.1 Å². The van der Waals surface area contributed by atoms with Gasteiger partial charge in [0, 0.05) is 63.4 Å². The van der Waals surface area contributed by atoms with Crippen LogP contribution in [0.4, 0.5) is 17.8 Å². The lowest BCUT2D eigenvalue weighted by Crippen LogP contribution is -2.37. The van der Waals surface area contributed by atoms with Crippen LogP contribution < -0.4 is 20.9 Å². The largest absolute Gasteiger partial charge is 0.462 e. The van der Waals surface area contributed by atoms with Crippen molar-refractivity contribution in [3.63, 3.8) is 0 Å². The Kier molecular flexibility index (Phi) is 14.8. The quantitative estimate of drug-likeness (QED) is 0.176. The van der Waals surface area contributed by atoms with Crippen LogP contribution >= 0.6 is 0 Å². The summed E-state index contributed by atoms with van der Waals surface area (Å²) in [5, 5.41) is 9.77. The number of carbonyl (C=O) groups is 3. The summed E-state index contributed by atoms with van der Waals surface area (Å²) in [7, 11) is 0. The summed E-state index contributed by atoms with van der Waals surface area (Å²) in [5.41, 5.74) is 1.08. The molecule has 0 atom stereocenters. The van der Waals surface area contributed by atoms with Crippen LogP contribution in [0.5, 0.6) is 0 Å². The molecule has 3 aromatic heterocycles. The van der Waals surface area contributed by atoms with Crippen LogP contribution in [0.2, 0.25) is 0 Å². The van der Waals surface area contributed by atoms with Crippen LogP contribution in [-0.2, 0) is 14.2 Å². The molecule has 0 aliphatic carbocycles. The van der Waals surface area contributed by atoms with Gasteiger partial charge in [-0.3, -0.25) is 0 Å². The maximum absolute atomic E-state index is 11.7. The van der Waals surface area contributed by atoms with Crippen molar-refractivity contribution in [1.82, 2.24) is 35.2 Å². The normalized spacial score (nSPS) is 15.0. The van der Waals surface area contributed by atoms with E-state index in [2.05, 4.69) is 50.8 Å². The zero-order valence-corrected chi connectivity index (χ0v) is 28.4. The average Bonchev–Trinajstić information content (AvgIpc) is 3.15. The Morgan fingerprint density at radius 2 is 1.00 bits per heavy atom. The molecule has 0 radical (unpaired) electrons. The molecule has 0 spiro atoms. The molecule has 0 unspecified atom stereocenters. The Morgan fingerprint density at radius 1 is 0.633 bits per heavy atom. The second-order valence-electron chi connectivity index (χ2n) is 11.4. The molecular weight excluding hydrogens is 632 g/mol. The van der Waals surface area contributed by atoms with Gasteiger partial charge in [-0.05, 0) is 71.4 Å². The van der Waals surface area contributed by atoms with Gasteiger partial charge in [0.05, 0.1) is 36.5 Å². The first-order chi connectivity index (χ1) is 23.9. The molecule has 0 saturated carbocycles. The maximum Gasteiger partial charge on any atom is 0.341 e. The molecule has 2 aliphatic rings. The van der Waals surface area contributed by atoms with E-state index in [9.17, 15) is 14.4 Å². The number of piperidine rings is 2. The molecule has 16 heteroatoms. The Hall–Kier alpha value is -4.99. The van der Waals surface area contributed by atoms with Crippen LogP contribution in [0.15, 0.2) is 37.2 Å². The molecule has 16 nitrogen and oxygen atoms in total. The van der Waals surface area contributed by atoms with E-state index < -0.39 is 11.9 Å². The van der Waals surface area contributed by atoms with Gasteiger partial charge in [0.25, 0.3) is 0 Å². The molecule has 2 fully saturated rings. The van der Waals surface area contributed by atoms with Crippen molar-refractivity contribution in [2.75, 3.05) is 74.6 Å². The summed E-state index contributed by atoms with van der Waals surface area (Å²) >= 11 is 0. The van der Waals surface area contributed by atoms with Gasteiger partial charge in [-0.15, -0.1) is 0 Å². The van der Waals surface area contributed by atoms with Crippen LogP contribution in [-0.4, -0.2) is 107 Å². The third kappa shape index (κ3) is 11.9. The lowest BCUT2D eigenvalue weighted by atomic mass is 9.97. The molecular formula is C33H46N10O6. The number of rotatable bonds is 13. The van der Waals surface area contributed by atoms with Crippen LogP contribution in [0.1, 0.15) is 77.5 Å². The number of anilines is 3. The molecule has 0 bridgehead atoms. The van der Waals surface area contributed by atoms with E-state index >= 15 is 0 Å². The second kappa shape index (κ2) is 19.7. The third-order valence-electron chi connectivity index (χ3n) is 7.93. The van der Waals surface area contributed by atoms with Crippen LogP contribution in [0.25, 0.3) is 0 Å². The van der Waals surface area contributed by atoms with Gasteiger partial charge in [0.2, 0.25) is 17.8 Å². The number of nitrogens with zero attached hydrogens (tertiary/aromatic N) is 7. The van der Waals surface area contributed by atoms with Gasteiger partial charge in [-0.2, -0.15) is 0 Å². The number of aromatic nitrogens is 6. The van der Waals surface area contributed by atoms with E-state index in [-0.39, 0.29) is 5.97 Å². The Labute approximate surface area is 286 Å². The van der Waals surface area contributed by atoms with Gasteiger partial charge in [-0.1, -0.05) is 0 Å². The number of hydrogen-bond donors (Lipinski definition) is 3. The van der Waals surface area contributed by atoms with E-state index in [0.29, 0.717) is 66.2 Å². The van der Waals surface area contributed by atoms with Gasteiger partial charge < -0.3 is 35.1 Å². The zero-order valence-electron chi connectivity index (χ0n) is 28.4. The number of carbonyl (C=O) groups excluding carboxylic acids is 3. The summed E-state index contributed by atoms with van der Waals surface area (Å²) < 4.78 is 14.7. The van der Waals surface area contributed by atoms with Crippen molar-refractivity contribution < 1.29 is 28.6 Å². The average molecular weight is 679 g/mol. The van der Waals surface area contributed by atoms with E-state index in [1.807, 2.05) is 0 Å². The monoisotopic (exact) mass is 678 g/mol. The third-order valence-corrected chi connectivity index (χ3v) is 7.93. The Balaban J connectivity index is 0.000000244. The highest BCUT2D eigenvalue weighted by molar-refractivity contribution is 5.89. The molecule has 3 N–H and O–H groups in total. The highest BCUT2D eigenvalue weighted by atomic mass is 16.5. The fraction of sp³-hybridized carbons (Fsp3) is 0.545. The Morgan fingerprint density at radius 3 is 1.39 bits per heavy atom. The molecule has 5 heterocycles. The first kappa shape index (κ1) is 36.8. The SMILES string of the molecule is CCOC(=O)c1cnc(NCC2CCN(c3ncc(C(=O)OCC)cn3)CC2)nc1.CCOC(=O)c1cnc(NCC2CCNCC2)nc1. The molecule has 0 aromatic carbocycles. The molecule has 5 rings (SSSR count). The number of nitrogens with one attached hydrogen (secondary N) is 3. The van der Waals surface area contributed by atoms with Crippen molar-refractivity contribution in [2.45, 2.75) is 46.5 Å². The van der Waals surface area contributed by atoms with Crippen molar-refractivity contribution in [1.29, 1.82) is 0 Å². The minimum Gasteiger partial charge on any atom is -0.462 e. The van der Waals surface area contributed by atoms with Crippen LogP contribution in [0.3, 0.4) is 0 Å². The summed E-state index contributed by atoms with van der Waals surface area (Å²) in [4.78, 5) is 62.1. The minimum absolute atomic E-state index is 0.318. The molecule has 2 aliphatic heterocycles. The summed E-state index contributed by atoms with van der Waals surface area (Å²) in [5.74, 6) is 1.58. The van der Waals surface area contributed by atoms with Crippen LogP contribution in [0, 0.1) is 11.8 Å². The number of ether oxygens (including phenoxy) is 3. The summed E-state index contributed by atoms with van der Waals surface area (Å²) in [6.45, 7) is 11.7. The van der Waals surface area contributed by atoms with Crippen molar-refractivity contribution in [2.24, 2.45) is 11.8 Å². The number of hydrogen-bond acceptors (Lipinski definition) is 16. The van der Waals surface area contributed by atoms with Gasteiger partial charge in [0.15, 0.2) is 0 Å². The fourth-order valence-electron chi connectivity index (χ4n) is 5.18. The minimum atomic E-state index is -0.422. The molecule has 49 heavy (non-hydrogen) atoms. The highest BCUT2D eigenvalue weighted by Gasteiger charge is 2.22. The predicted molar refractivity (Wildman–Crippen MR) is 181 cm³/mol. The second-order valence-corrected chi connectivity index (χ2v) is 11.4. The Bertz CT molecular complexity index is 1450. The lowest BCUT2D eigenvalue weighted by molar-refractivity contribution is 0.0515. The molecule has 3 aromatic rings. The molecule has 264 valence electrons. The van der Waals surface area contributed by atoms with E-state index in [1.165, 1.54) is 50.0 Å². The van der Waals surface area contributed by atoms with Gasteiger partial charge in [-0.25, -0.2) is 44.3 Å². The standard InChI is InChI=1S/C20H26N6O4.C13H20N4O2/c1-3-29-17(27)15-10-22-19(23-11-15)21-9-14-5-7-26(8-6-14)20-24-12-16(13-25-20)18(28)30-4-2;1-2-19-12(18)11-8-16-13(17-9-11)15-7-10-3-5-14-6-4-10/h10-14H,3-9H2,1-2H3,(H,21,22,23);8-10,14H,2-7H2,1H3,(H,15,16,17). The molecule has 0 amide bonds. The summed E-state index contributed by atoms with van der Waals surface area (Å²) in [6, 6.07) is 0. The molecule has 2 saturated heterocycles. The highest BCUT2D eigenvalue weighted by Crippen LogP contribution is 2.21. The zero-order chi connectivity index (χ0) is 34.8. The maximum atomic E-state index is 11.7. The van der Waals surface area contributed by atoms with Crippen molar-refractivity contribution >= 4 is 35.8 Å². The van der Waals surface area contributed by atoms with Crippen molar-refractivity contribution in [3.05, 3.63) is 53.9 Å². The first-order valence-electron chi connectivity index (χ1n) is 16.8. The lowest BCUT2D eigenvalue weighted by Gasteiger charge is -2.32. The van der Waals surface area contributed by atoms with Crippen molar-refractivity contribution in [3.8, 4) is 0 Å². The van der Waals surface area contributed by atoms with E-state index in [4.69, 9.17) is 14.2 Å². The number of esters is 3. The smallest absolute Gasteiger partial charge is 0.341 e. The predicted octanol–water partition coefficient (Wildman–Crippen LogP) is 3.01. The fourth-order valence-corrected chi connectivity index (χ4v) is 5.18. The topological polar surface area (TPSA) is 196 Å². The first-order valence-corrected chi connectivity index (χ1v) is 16.8. The van der Waals surface area contributed by atoms with Gasteiger partial charge >= 0.3 is 17.9 Å². The van der Waals surface area contributed by atoms with Gasteiger partial charge in [0.1, 0.15) is 0 Å². The summed E-state index contributed by atoms with van der Waals surface area (Å²) in [6.07, 6.45) is 13.2.